The van der Waals surface area contributed by atoms with Crippen LogP contribution in [-0.2, 0) is 22.6 Å². The first-order valence-electron chi connectivity index (χ1n) is 9.59. The number of anilines is 1. The van der Waals surface area contributed by atoms with Crippen LogP contribution >= 0.6 is 0 Å². The lowest BCUT2D eigenvalue weighted by molar-refractivity contribution is -0.143. The number of nitrogens with zero attached hydrogens (tertiary/aromatic N) is 2. The molecule has 1 fully saturated rings. The van der Waals surface area contributed by atoms with Gasteiger partial charge in [-0.05, 0) is 48.7 Å². The largest absolute Gasteiger partial charge is 0.497 e. The summed E-state index contributed by atoms with van der Waals surface area (Å²) in [5, 5.41) is 15.0. The fourth-order valence-electron chi connectivity index (χ4n) is 3.31. The quantitative estimate of drug-likeness (QED) is 0.566. The molecule has 0 saturated carbocycles. The molecule has 9 nitrogen and oxygen atoms in total. The van der Waals surface area contributed by atoms with Crippen LogP contribution in [0.15, 0.2) is 42.6 Å². The molecule has 1 aliphatic rings. The molecule has 0 radical (unpaired) electrons. The Kier molecular flexibility index (Phi) is 6.51. The molecule has 2 heterocycles. The predicted octanol–water partition coefficient (Wildman–Crippen LogP) is 1.57. The average Bonchev–Trinajstić information content (AvgIpc) is 2.74. The van der Waals surface area contributed by atoms with E-state index in [-0.39, 0.29) is 24.2 Å². The number of methoxy groups -OCH3 is 1. The number of ether oxygens (including phenoxy) is 1. The van der Waals surface area contributed by atoms with Gasteiger partial charge in [0, 0.05) is 12.7 Å². The van der Waals surface area contributed by atoms with Crippen molar-refractivity contribution in [2.75, 3.05) is 18.6 Å². The highest BCUT2D eigenvalue weighted by atomic mass is 16.5. The molecule has 9 heteroatoms. The zero-order chi connectivity index (χ0) is 21.7. The van der Waals surface area contributed by atoms with Crippen LogP contribution in [0.4, 0.5) is 10.6 Å². The Labute approximate surface area is 174 Å². The normalized spacial score (nSPS) is 17.5. The zero-order valence-corrected chi connectivity index (χ0v) is 16.8. The number of pyridine rings is 1. The maximum Gasteiger partial charge on any atom is 0.413 e. The van der Waals surface area contributed by atoms with Crippen molar-refractivity contribution in [1.29, 1.82) is 0 Å². The third kappa shape index (κ3) is 4.68. The van der Waals surface area contributed by atoms with Gasteiger partial charge in [-0.3, -0.25) is 14.5 Å². The second-order valence-corrected chi connectivity index (χ2v) is 6.93. The van der Waals surface area contributed by atoms with Crippen molar-refractivity contribution in [3.05, 3.63) is 53.7 Å². The molecule has 3 N–H and O–H groups in total. The Morgan fingerprint density at radius 2 is 1.97 bits per heavy atom. The number of benzene rings is 1. The van der Waals surface area contributed by atoms with E-state index in [1.54, 1.807) is 43.5 Å². The second kappa shape index (κ2) is 9.25. The number of hydrogen-bond acceptors (Lipinski definition) is 5. The number of aromatic nitrogens is 1. The van der Waals surface area contributed by atoms with Crippen LogP contribution in [0.5, 0.6) is 5.75 Å². The van der Waals surface area contributed by atoms with Crippen LogP contribution in [0.3, 0.4) is 0 Å². The lowest BCUT2D eigenvalue weighted by Crippen LogP contribution is -2.65. The maximum absolute atomic E-state index is 12.1. The van der Waals surface area contributed by atoms with Crippen LogP contribution in [-0.4, -0.2) is 47.7 Å². The molecule has 1 aromatic carbocycles. The lowest BCUT2D eigenvalue weighted by Gasteiger charge is -2.35. The molecule has 1 aliphatic heterocycles. The van der Waals surface area contributed by atoms with E-state index >= 15 is 0 Å². The molecule has 0 spiro atoms. The first-order chi connectivity index (χ1) is 14.4. The summed E-state index contributed by atoms with van der Waals surface area (Å²) >= 11 is 0. The number of amides is 3. The molecule has 2 aromatic rings. The van der Waals surface area contributed by atoms with Gasteiger partial charge in [0.1, 0.15) is 17.6 Å². The lowest BCUT2D eigenvalue weighted by atomic mass is 9.84. The van der Waals surface area contributed by atoms with Gasteiger partial charge in [-0.2, -0.15) is 0 Å². The summed E-state index contributed by atoms with van der Waals surface area (Å²) in [6.45, 7) is 2.41. The van der Waals surface area contributed by atoms with Crippen molar-refractivity contribution in [2.45, 2.75) is 25.9 Å². The number of nitrogens with one attached hydrogen (secondary N) is 2. The Bertz CT molecular complexity index is 931. The predicted molar refractivity (Wildman–Crippen MR) is 109 cm³/mol. The summed E-state index contributed by atoms with van der Waals surface area (Å²) in [6, 6.07) is 9.87. The Morgan fingerprint density at radius 1 is 1.23 bits per heavy atom. The van der Waals surface area contributed by atoms with E-state index in [1.165, 1.54) is 6.20 Å². The minimum absolute atomic E-state index is 0.112. The number of carbonyl (C=O) groups excluding carboxylic acids is 2. The van der Waals surface area contributed by atoms with Gasteiger partial charge in [-0.15, -0.1) is 0 Å². The van der Waals surface area contributed by atoms with Crippen LogP contribution in [0, 0.1) is 5.92 Å². The highest BCUT2D eigenvalue weighted by Crippen LogP contribution is 2.24. The Hall–Kier alpha value is -3.62. The van der Waals surface area contributed by atoms with Crippen molar-refractivity contribution in [3.8, 4) is 5.75 Å². The second-order valence-electron chi connectivity index (χ2n) is 6.93. The van der Waals surface area contributed by atoms with Crippen molar-refractivity contribution >= 4 is 23.7 Å². The van der Waals surface area contributed by atoms with E-state index in [0.29, 0.717) is 18.7 Å². The summed E-state index contributed by atoms with van der Waals surface area (Å²) in [6.07, 6.45) is 0.683. The molecule has 0 unspecified atom stereocenters. The average molecular weight is 412 g/mol. The third-order valence-electron chi connectivity index (χ3n) is 4.94. The van der Waals surface area contributed by atoms with Gasteiger partial charge in [-0.1, -0.05) is 12.1 Å². The fourth-order valence-corrected chi connectivity index (χ4v) is 3.31. The Morgan fingerprint density at radius 3 is 2.57 bits per heavy atom. The van der Waals surface area contributed by atoms with E-state index in [9.17, 15) is 19.5 Å². The molecular weight excluding hydrogens is 388 g/mol. The minimum Gasteiger partial charge on any atom is -0.497 e. The fraction of sp³-hybridized carbons (Fsp3) is 0.333. The van der Waals surface area contributed by atoms with E-state index in [4.69, 9.17) is 4.74 Å². The SMILES string of the molecule is CCNC(=O)[C@H]1NC(=O)[C@@H]1Cc1ccnc(N(Cc2ccc(OC)cc2)C(=O)O)c1. The van der Waals surface area contributed by atoms with Crippen molar-refractivity contribution in [3.63, 3.8) is 0 Å². The smallest absolute Gasteiger partial charge is 0.413 e. The zero-order valence-electron chi connectivity index (χ0n) is 16.8. The molecule has 1 saturated heterocycles. The molecule has 0 aliphatic carbocycles. The van der Waals surface area contributed by atoms with Crippen molar-refractivity contribution in [2.24, 2.45) is 5.92 Å². The molecule has 1 aromatic heterocycles. The highest BCUT2D eigenvalue weighted by molar-refractivity contribution is 5.99. The number of carbonyl (C=O) groups is 3. The van der Waals surface area contributed by atoms with E-state index < -0.39 is 18.1 Å². The van der Waals surface area contributed by atoms with Crippen molar-refractivity contribution in [1.82, 2.24) is 15.6 Å². The molecule has 2 atom stereocenters. The van der Waals surface area contributed by atoms with E-state index in [2.05, 4.69) is 15.6 Å². The van der Waals surface area contributed by atoms with Gasteiger partial charge < -0.3 is 20.5 Å². The summed E-state index contributed by atoms with van der Waals surface area (Å²) in [5.74, 6) is 0.0268. The Balaban J connectivity index is 1.75. The van der Waals surface area contributed by atoms with Crippen LogP contribution in [0.2, 0.25) is 0 Å². The van der Waals surface area contributed by atoms with E-state index in [0.717, 1.165) is 16.0 Å². The number of β-lactam (4-membered cyclic amide) rings is 1. The van der Waals surface area contributed by atoms with Crippen molar-refractivity contribution < 1.29 is 24.2 Å². The van der Waals surface area contributed by atoms with Gasteiger partial charge in [-0.25, -0.2) is 9.78 Å². The highest BCUT2D eigenvalue weighted by Gasteiger charge is 2.43. The van der Waals surface area contributed by atoms with Gasteiger partial charge in [0.2, 0.25) is 11.8 Å². The summed E-state index contributed by atoms with van der Waals surface area (Å²) in [4.78, 5) is 41.2. The van der Waals surface area contributed by atoms with Crippen LogP contribution < -0.4 is 20.3 Å². The maximum atomic E-state index is 12.1. The third-order valence-corrected chi connectivity index (χ3v) is 4.94. The first-order valence-corrected chi connectivity index (χ1v) is 9.59. The standard InChI is InChI=1S/C21H24N4O5/c1-3-22-20(27)18-16(19(26)24-18)10-14-8-9-23-17(11-14)25(21(28)29)12-13-4-6-15(30-2)7-5-13/h4-9,11,16,18H,3,10,12H2,1-2H3,(H,22,27)(H,24,26)(H,28,29)/t16-,18+/m1/s1. The number of likely N-dealkylation sites (N-methyl/N-ethyl adjacent to an activating group) is 1. The summed E-state index contributed by atoms with van der Waals surface area (Å²) in [5.41, 5.74) is 1.51. The van der Waals surface area contributed by atoms with Crippen LogP contribution in [0.1, 0.15) is 18.1 Å². The van der Waals surface area contributed by atoms with Gasteiger partial charge >= 0.3 is 6.09 Å². The van der Waals surface area contributed by atoms with Gasteiger partial charge in [0.15, 0.2) is 0 Å². The van der Waals surface area contributed by atoms with E-state index in [1.807, 2.05) is 6.92 Å². The topological polar surface area (TPSA) is 121 Å². The molecular formula is C21H24N4O5. The first kappa shape index (κ1) is 21.1. The summed E-state index contributed by atoms with van der Waals surface area (Å²) < 4.78 is 5.12. The number of hydrogen-bond donors (Lipinski definition) is 3. The number of rotatable bonds is 8. The number of carboxylic acid groups (broad SMARTS) is 1. The van der Waals surface area contributed by atoms with Gasteiger partial charge in [0.25, 0.3) is 0 Å². The van der Waals surface area contributed by atoms with Crippen LogP contribution in [0.25, 0.3) is 0 Å². The molecule has 30 heavy (non-hydrogen) atoms. The molecule has 3 amide bonds. The molecule has 3 rings (SSSR count). The summed E-state index contributed by atoms with van der Waals surface area (Å²) in [7, 11) is 1.56. The van der Waals surface area contributed by atoms with Gasteiger partial charge in [0.05, 0.1) is 19.6 Å². The molecule has 158 valence electrons. The minimum atomic E-state index is -1.14. The monoisotopic (exact) mass is 412 g/mol. The molecule has 0 bridgehead atoms.